The van der Waals surface area contributed by atoms with Crippen molar-refractivity contribution < 1.29 is 8.78 Å². The molecule has 5 heteroatoms. The number of hydrazine groups is 1. The maximum absolute atomic E-state index is 12.9. The van der Waals surface area contributed by atoms with Crippen LogP contribution in [0.1, 0.15) is 18.9 Å². The van der Waals surface area contributed by atoms with Crippen LogP contribution in [0, 0.1) is 11.6 Å². The quantitative estimate of drug-likeness (QED) is 0.346. The fraction of sp³-hybridized carbons (Fsp3) is 0.300. The predicted octanol–water partition coefficient (Wildman–Crippen LogP) is 1.58. The van der Waals surface area contributed by atoms with Gasteiger partial charge in [0.25, 0.3) is 0 Å². The zero-order valence-corrected chi connectivity index (χ0v) is 8.43. The number of nitrogens with zero attached hydrogens (tertiary/aromatic N) is 1. The molecule has 82 valence electrons. The standard InChI is InChI=1S/C10H13F2N3/c1-2-3-14-10(15-13)7-4-8(11)6-9(12)5-7/h4-6H,2-3,13H2,1H3,(H,14,15). The van der Waals surface area contributed by atoms with Crippen molar-refractivity contribution in [3.8, 4) is 0 Å². The average molecular weight is 213 g/mol. The topological polar surface area (TPSA) is 50.4 Å². The van der Waals surface area contributed by atoms with E-state index in [0.717, 1.165) is 12.5 Å². The van der Waals surface area contributed by atoms with E-state index >= 15 is 0 Å². The van der Waals surface area contributed by atoms with Crippen molar-refractivity contribution in [2.24, 2.45) is 10.8 Å². The molecule has 0 aliphatic carbocycles. The molecule has 0 unspecified atom stereocenters. The van der Waals surface area contributed by atoms with Crippen LogP contribution in [0.3, 0.4) is 0 Å². The minimum absolute atomic E-state index is 0.287. The highest BCUT2D eigenvalue weighted by Gasteiger charge is 2.05. The van der Waals surface area contributed by atoms with Crippen LogP contribution >= 0.6 is 0 Å². The summed E-state index contributed by atoms with van der Waals surface area (Å²) >= 11 is 0. The molecule has 15 heavy (non-hydrogen) atoms. The lowest BCUT2D eigenvalue weighted by Crippen LogP contribution is -2.31. The van der Waals surface area contributed by atoms with E-state index in [-0.39, 0.29) is 5.84 Å². The molecule has 0 spiro atoms. The van der Waals surface area contributed by atoms with Crippen molar-refractivity contribution in [2.45, 2.75) is 13.3 Å². The van der Waals surface area contributed by atoms with Crippen molar-refractivity contribution in [3.63, 3.8) is 0 Å². The maximum Gasteiger partial charge on any atom is 0.142 e. The molecule has 0 aliphatic heterocycles. The smallest absolute Gasteiger partial charge is 0.142 e. The second kappa shape index (κ2) is 5.41. The van der Waals surface area contributed by atoms with Crippen LogP contribution in [-0.4, -0.2) is 12.4 Å². The van der Waals surface area contributed by atoms with Crippen molar-refractivity contribution in [1.29, 1.82) is 0 Å². The number of halogens is 2. The molecule has 0 radical (unpaired) electrons. The van der Waals surface area contributed by atoms with Crippen LogP contribution in [-0.2, 0) is 0 Å². The molecule has 0 atom stereocenters. The van der Waals surface area contributed by atoms with Crippen molar-refractivity contribution in [1.82, 2.24) is 5.43 Å². The van der Waals surface area contributed by atoms with E-state index in [1.54, 1.807) is 0 Å². The Morgan fingerprint density at radius 3 is 2.40 bits per heavy atom. The Hall–Kier alpha value is -1.49. The van der Waals surface area contributed by atoms with Gasteiger partial charge in [-0.05, 0) is 18.6 Å². The molecule has 0 bridgehead atoms. The normalized spacial score (nSPS) is 11.6. The van der Waals surface area contributed by atoms with Gasteiger partial charge in [-0.2, -0.15) is 0 Å². The molecule has 0 aliphatic rings. The van der Waals surface area contributed by atoms with Crippen molar-refractivity contribution in [3.05, 3.63) is 35.4 Å². The summed E-state index contributed by atoms with van der Waals surface area (Å²) in [5.74, 6) is 4.21. The van der Waals surface area contributed by atoms with Gasteiger partial charge in [-0.25, -0.2) is 14.6 Å². The van der Waals surface area contributed by atoms with Crippen LogP contribution in [0.2, 0.25) is 0 Å². The molecule has 1 aromatic carbocycles. The summed E-state index contributed by atoms with van der Waals surface area (Å²) < 4.78 is 25.8. The van der Waals surface area contributed by atoms with E-state index in [1.165, 1.54) is 12.1 Å². The zero-order chi connectivity index (χ0) is 11.3. The van der Waals surface area contributed by atoms with Crippen LogP contribution in [0.5, 0.6) is 0 Å². The first-order chi connectivity index (χ1) is 7.17. The lowest BCUT2D eigenvalue weighted by Gasteiger charge is -2.05. The summed E-state index contributed by atoms with van der Waals surface area (Å²) in [4.78, 5) is 4.06. The van der Waals surface area contributed by atoms with Gasteiger partial charge in [0.1, 0.15) is 17.5 Å². The van der Waals surface area contributed by atoms with Crippen molar-refractivity contribution in [2.75, 3.05) is 6.54 Å². The molecule has 0 saturated heterocycles. The summed E-state index contributed by atoms with van der Waals surface area (Å²) in [6, 6.07) is 3.16. The summed E-state index contributed by atoms with van der Waals surface area (Å²) in [5, 5.41) is 0. The molecule has 3 N–H and O–H groups in total. The third-order valence-corrected chi connectivity index (χ3v) is 1.77. The molecule has 0 fully saturated rings. The van der Waals surface area contributed by atoms with E-state index in [2.05, 4.69) is 10.4 Å². The molecule has 3 nitrogen and oxygen atoms in total. The second-order valence-corrected chi connectivity index (χ2v) is 3.03. The lowest BCUT2D eigenvalue weighted by molar-refractivity contribution is 0.582. The Morgan fingerprint density at radius 1 is 1.33 bits per heavy atom. The Labute approximate surface area is 87.0 Å². The highest BCUT2D eigenvalue weighted by atomic mass is 19.1. The van der Waals surface area contributed by atoms with E-state index < -0.39 is 11.6 Å². The number of amidine groups is 1. The highest BCUT2D eigenvalue weighted by Crippen LogP contribution is 2.08. The molecular weight excluding hydrogens is 200 g/mol. The molecule has 1 rings (SSSR count). The Balaban J connectivity index is 3.01. The highest BCUT2D eigenvalue weighted by molar-refractivity contribution is 5.98. The van der Waals surface area contributed by atoms with E-state index in [4.69, 9.17) is 5.84 Å². The summed E-state index contributed by atoms with van der Waals surface area (Å²) in [5.41, 5.74) is 2.63. The van der Waals surface area contributed by atoms with Gasteiger partial charge in [-0.3, -0.25) is 4.99 Å². The largest absolute Gasteiger partial charge is 0.308 e. The fourth-order valence-electron chi connectivity index (χ4n) is 1.13. The SMILES string of the molecule is CCCN=C(NN)c1cc(F)cc(F)c1. The molecule has 1 aromatic rings. The monoisotopic (exact) mass is 213 g/mol. The maximum atomic E-state index is 12.9. The summed E-state index contributed by atoms with van der Waals surface area (Å²) in [7, 11) is 0. The first-order valence-electron chi connectivity index (χ1n) is 4.65. The third kappa shape index (κ3) is 3.28. The third-order valence-electron chi connectivity index (χ3n) is 1.77. The fourth-order valence-corrected chi connectivity index (χ4v) is 1.13. The predicted molar refractivity (Wildman–Crippen MR) is 55.4 cm³/mol. The number of nitrogens with two attached hydrogens (primary N) is 1. The number of nitrogens with one attached hydrogen (secondary N) is 1. The molecular formula is C10H13F2N3. The number of benzene rings is 1. The molecule has 0 saturated carbocycles. The van der Waals surface area contributed by atoms with Gasteiger partial charge in [0.05, 0.1) is 0 Å². The molecule has 0 heterocycles. The number of rotatable bonds is 3. The minimum Gasteiger partial charge on any atom is -0.308 e. The number of aliphatic imine (C=N–C) groups is 1. The van der Waals surface area contributed by atoms with Crippen LogP contribution in [0.25, 0.3) is 0 Å². The van der Waals surface area contributed by atoms with Crippen molar-refractivity contribution >= 4 is 5.84 Å². The minimum atomic E-state index is -0.649. The van der Waals surface area contributed by atoms with Gasteiger partial charge >= 0.3 is 0 Å². The summed E-state index contributed by atoms with van der Waals surface area (Å²) in [6.45, 7) is 2.50. The van der Waals surface area contributed by atoms with Gasteiger partial charge in [0, 0.05) is 18.2 Å². The van der Waals surface area contributed by atoms with E-state index in [1.807, 2.05) is 6.92 Å². The van der Waals surface area contributed by atoms with Crippen LogP contribution in [0.4, 0.5) is 8.78 Å². The van der Waals surface area contributed by atoms with E-state index in [0.29, 0.717) is 12.1 Å². The average Bonchev–Trinajstić information content (AvgIpc) is 2.17. The van der Waals surface area contributed by atoms with Crippen LogP contribution in [0.15, 0.2) is 23.2 Å². The van der Waals surface area contributed by atoms with Gasteiger partial charge in [0.2, 0.25) is 0 Å². The second-order valence-electron chi connectivity index (χ2n) is 3.03. The van der Waals surface area contributed by atoms with Gasteiger partial charge < -0.3 is 5.43 Å². The first-order valence-corrected chi connectivity index (χ1v) is 4.65. The number of hydrogen-bond acceptors (Lipinski definition) is 2. The lowest BCUT2D eigenvalue weighted by atomic mass is 10.2. The first kappa shape index (κ1) is 11.6. The zero-order valence-electron chi connectivity index (χ0n) is 8.43. The summed E-state index contributed by atoms with van der Waals surface area (Å²) in [6.07, 6.45) is 0.836. The Morgan fingerprint density at radius 2 is 1.93 bits per heavy atom. The van der Waals surface area contributed by atoms with Gasteiger partial charge in [0.15, 0.2) is 0 Å². The van der Waals surface area contributed by atoms with Gasteiger partial charge in [-0.1, -0.05) is 6.92 Å². The Kier molecular flexibility index (Phi) is 4.17. The molecule has 0 aromatic heterocycles. The van der Waals surface area contributed by atoms with Gasteiger partial charge in [-0.15, -0.1) is 0 Å². The number of hydrogen-bond donors (Lipinski definition) is 2. The molecule has 0 amide bonds. The van der Waals surface area contributed by atoms with E-state index in [9.17, 15) is 8.78 Å². The van der Waals surface area contributed by atoms with Crippen LogP contribution < -0.4 is 11.3 Å². The Bertz CT molecular complexity index is 343.